The molecule has 0 spiro atoms. The van der Waals surface area contributed by atoms with Crippen molar-refractivity contribution in [3.63, 3.8) is 0 Å². The van der Waals surface area contributed by atoms with Gasteiger partial charge in [0.2, 0.25) is 5.91 Å². The van der Waals surface area contributed by atoms with Gasteiger partial charge in [0.1, 0.15) is 19.2 Å². The number of hydrogen-bond acceptors (Lipinski definition) is 4. The third kappa shape index (κ3) is 2.33. The molecule has 0 saturated carbocycles. The Hall–Kier alpha value is -1.43. The molecule has 6 nitrogen and oxygen atoms in total. The van der Waals surface area contributed by atoms with Gasteiger partial charge in [-0.05, 0) is 6.92 Å². The number of carbonyl (C=O) groups excluding carboxylic acids is 1. The average Bonchev–Trinajstić information content (AvgIpc) is 2.71. The lowest BCUT2D eigenvalue weighted by atomic mass is 10.2. The quantitative estimate of drug-likeness (QED) is 0.685. The summed E-state index contributed by atoms with van der Waals surface area (Å²) in [5.41, 5.74) is 0. The molecular weight excluding hydrogens is 194 g/mol. The first-order chi connectivity index (χ1) is 7.27. The van der Waals surface area contributed by atoms with Gasteiger partial charge in [0.15, 0.2) is 0 Å². The van der Waals surface area contributed by atoms with Crippen molar-refractivity contribution in [2.75, 3.05) is 19.6 Å². The molecular formula is C9H15N5O. The van der Waals surface area contributed by atoms with Crippen LogP contribution in [0.5, 0.6) is 0 Å². The van der Waals surface area contributed by atoms with Crippen molar-refractivity contribution in [2.45, 2.75) is 19.5 Å². The van der Waals surface area contributed by atoms with Crippen LogP contribution in [-0.2, 0) is 11.3 Å². The molecule has 0 radical (unpaired) electrons. The van der Waals surface area contributed by atoms with E-state index in [0.29, 0.717) is 0 Å². The lowest BCUT2D eigenvalue weighted by Crippen LogP contribution is -2.53. The average molecular weight is 209 g/mol. The highest BCUT2D eigenvalue weighted by atomic mass is 16.2. The molecule has 1 aliphatic rings. The van der Waals surface area contributed by atoms with Crippen LogP contribution >= 0.6 is 0 Å². The summed E-state index contributed by atoms with van der Waals surface area (Å²) >= 11 is 0. The summed E-state index contributed by atoms with van der Waals surface area (Å²) in [5.74, 6) is 0.106. The maximum atomic E-state index is 11.9. The first kappa shape index (κ1) is 10.1. The van der Waals surface area contributed by atoms with E-state index in [9.17, 15) is 4.79 Å². The molecule has 15 heavy (non-hydrogen) atoms. The molecule has 0 aromatic carbocycles. The van der Waals surface area contributed by atoms with Gasteiger partial charge in [0.05, 0.1) is 0 Å². The Morgan fingerprint density at radius 2 is 2.53 bits per heavy atom. The monoisotopic (exact) mass is 209 g/mol. The lowest BCUT2D eigenvalue weighted by molar-refractivity contribution is -0.134. The highest BCUT2D eigenvalue weighted by Crippen LogP contribution is 2.03. The van der Waals surface area contributed by atoms with Crippen molar-refractivity contribution >= 4 is 5.91 Å². The molecule has 1 N–H and O–H groups in total. The highest BCUT2D eigenvalue weighted by molar-refractivity contribution is 5.76. The van der Waals surface area contributed by atoms with Crippen LogP contribution in [0.4, 0.5) is 0 Å². The predicted octanol–water partition coefficient (Wildman–Crippen LogP) is -0.902. The Bertz CT molecular complexity index is 323. The molecule has 0 aliphatic carbocycles. The minimum atomic E-state index is 0.106. The van der Waals surface area contributed by atoms with E-state index in [1.165, 1.54) is 6.33 Å². The molecule has 1 aromatic heterocycles. The summed E-state index contributed by atoms with van der Waals surface area (Å²) in [7, 11) is 0. The number of carbonyl (C=O) groups is 1. The largest absolute Gasteiger partial charge is 0.336 e. The lowest BCUT2D eigenvalue weighted by Gasteiger charge is -2.33. The zero-order chi connectivity index (χ0) is 10.7. The summed E-state index contributed by atoms with van der Waals surface area (Å²) in [6.45, 7) is 4.83. The van der Waals surface area contributed by atoms with Crippen molar-refractivity contribution in [1.82, 2.24) is 25.0 Å². The van der Waals surface area contributed by atoms with Gasteiger partial charge >= 0.3 is 0 Å². The van der Waals surface area contributed by atoms with Gasteiger partial charge in [0.25, 0.3) is 0 Å². The number of amides is 1. The molecule has 1 aliphatic heterocycles. The third-order valence-electron chi connectivity index (χ3n) is 2.59. The van der Waals surface area contributed by atoms with Crippen LogP contribution in [0.1, 0.15) is 6.92 Å². The van der Waals surface area contributed by atoms with Gasteiger partial charge in [-0.15, -0.1) is 0 Å². The number of piperazine rings is 1. The van der Waals surface area contributed by atoms with Gasteiger partial charge in [-0.2, -0.15) is 5.10 Å². The number of hydrogen-bond donors (Lipinski definition) is 1. The van der Waals surface area contributed by atoms with E-state index in [4.69, 9.17) is 0 Å². The van der Waals surface area contributed by atoms with Crippen molar-refractivity contribution in [3.8, 4) is 0 Å². The van der Waals surface area contributed by atoms with Gasteiger partial charge in [0, 0.05) is 25.7 Å². The molecule has 1 amide bonds. The second-order valence-corrected chi connectivity index (χ2v) is 3.73. The molecule has 82 valence electrons. The molecule has 2 rings (SSSR count). The van der Waals surface area contributed by atoms with E-state index in [0.717, 1.165) is 19.6 Å². The Morgan fingerprint density at radius 3 is 3.20 bits per heavy atom. The first-order valence-corrected chi connectivity index (χ1v) is 5.10. The van der Waals surface area contributed by atoms with E-state index < -0.39 is 0 Å². The predicted molar refractivity (Wildman–Crippen MR) is 54.1 cm³/mol. The van der Waals surface area contributed by atoms with E-state index in [1.807, 2.05) is 11.8 Å². The van der Waals surface area contributed by atoms with Crippen molar-refractivity contribution in [2.24, 2.45) is 0 Å². The summed E-state index contributed by atoms with van der Waals surface area (Å²) in [4.78, 5) is 17.6. The minimum absolute atomic E-state index is 0.106. The fourth-order valence-electron chi connectivity index (χ4n) is 1.76. The maximum Gasteiger partial charge on any atom is 0.244 e. The van der Waals surface area contributed by atoms with Crippen LogP contribution in [0.25, 0.3) is 0 Å². The molecule has 6 heteroatoms. The summed E-state index contributed by atoms with van der Waals surface area (Å²) < 4.78 is 1.55. The summed E-state index contributed by atoms with van der Waals surface area (Å²) in [5, 5.41) is 7.17. The van der Waals surface area contributed by atoms with Gasteiger partial charge in [-0.1, -0.05) is 0 Å². The van der Waals surface area contributed by atoms with E-state index in [2.05, 4.69) is 15.4 Å². The van der Waals surface area contributed by atoms with Crippen LogP contribution in [0.15, 0.2) is 12.7 Å². The van der Waals surface area contributed by atoms with Crippen molar-refractivity contribution in [3.05, 3.63) is 12.7 Å². The number of nitrogens with zero attached hydrogens (tertiary/aromatic N) is 4. The molecule has 1 saturated heterocycles. The number of aromatic nitrogens is 3. The topological polar surface area (TPSA) is 63.1 Å². The standard InChI is InChI=1S/C9H15N5O/c1-8-4-10-2-3-14(8)9(15)5-13-7-11-6-12-13/h6-8,10H,2-5H2,1H3/t8-/m0/s1. The van der Waals surface area contributed by atoms with Crippen LogP contribution in [0.2, 0.25) is 0 Å². The van der Waals surface area contributed by atoms with Crippen LogP contribution in [0.3, 0.4) is 0 Å². The van der Waals surface area contributed by atoms with Gasteiger partial charge in [-0.3, -0.25) is 4.79 Å². The second kappa shape index (κ2) is 4.39. The fraction of sp³-hybridized carbons (Fsp3) is 0.667. The molecule has 0 unspecified atom stereocenters. The molecule has 1 aromatic rings. The van der Waals surface area contributed by atoms with Crippen LogP contribution in [0, 0.1) is 0 Å². The van der Waals surface area contributed by atoms with Gasteiger partial charge in [-0.25, -0.2) is 9.67 Å². The maximum absolute atomic E-state index is 11.9. The molecule has 1 atom stereocenters. The smallest absolute Gasteiger partial charge is 0.244 e. The first-order valence-electron chi connectivity index (χ1n) is 5.10. The Kier molecular flexibility index (Phi) is 2.96. The fourth-order valence-corrected chi connectivity index (χ4v) is 1.76. The summed E-state index contributed by atoms with van der Waals surface area (Å²) in [6, 6.07) is 0.259. The third-order valence-corrected chi connectivity index (χ3v) is 2.59. The number of rotatable bonds is 2. The van der Waals surface area contributed by atoms with E-state index in [-0.39, 0.29) is 18.5 Å². The zero-order valence-electron chi connectivity index (χ0n) is 8.76. The van der Waals surface area contributed by atoms with Crippen LogP contribution in [-0.4, -0.2) is 51.2 Å². The Morgan fingerprint density at radius 1 is 1.67 bits per heavy atom. The van der Waals surface area contributed by atoms with Crippen LogP contribution < -0.4 is 5.32 Å². The number of nitrogens with one attached hydrogen (secondary N) is 1. The normalized spacial score (nSPS) is 21.7. The SMILES string of the molecule is C[C@H]1CNCCN1C(=O)Cn1cncn1. The zero-order valence-corrected chi connectivity index (χ0v) is 8.76. The van der Waals surface area contributed by atoms with E-state index in [1.54, 1.807) is 11.0 Å². The van der Waals surface area contributed by atoms with E-state index >= 15 is 0 Å². The van der Waals surface area contributed by atoms with Crippen molar-refractivity contribution in [1.29, 1.82) is 0 Å². The molecule has 1 fully saturated rings. The summed E-state index contributed by atoms with van der Waals surface area (Å²) in [6.07, 6.45) is 3.00. The Labute approximate surface area is 88.3 Å². The Balaban J connectivity index is 1.95. The molecule has 2 heterocycles. The highest BCUT2D eigenvalue weighted by Gasteiger charge is 2.22. The van der Waals surface area contributed by atoms with Crippen molar-refractivity contribution < 1.29 is 4.79 Å². The molecule has 0 bridgehead atoms. The second-order valence-electron chi connectivity index (χ2n) is 3.73. The minimum Gasteiger partial charge on any atom is -0.336 e. The van der Waals surface area contributed by atoms with Gasteiger partial charge < -0.3 is 10.2 Å².